The molecule has 1 fully saturated rings. The number of hydrogen-bond acceptors (Lipinski definition) is 5. The molecule has 0 radical (unpaired) electrons. The van der Waals surface area contributed by atoms with Gasteiger partial charge < -0.3 is 9.42 Å². The van der Waals surface area contributed by atoms with E-state index in [1.165, 1.54) is 17.5 Å². The Kier molecular flexibility index (Phi) is 5.09. The normalized spacial score (nSPS) is 17.7. The quantitative estimate of drug-likeness (QED) is 0.665. The van der Waals surface area contributed by atoms with E-state index in [-0.39, 0.29) is 11.9 Å². The smallest absolute Gasteiger partial charge is 0.253 e. The van der Waals surface area contributed by atoms with Crippen LogP contribution < -0.4 is 0 Å². The van der Waals surface area contributed by atoms with Gasteiger partial charge in [-0.3, -0.25) is 9.69 Å². The summed E-state index contributed by atoms with van der Waals surface area (Å²) in [6.45, 7) is 5.09. The van der Waals surface area contributed by atoms with Crippen molar-refractivity contribution in [2.75, 3.05) is 26.2 Å². The molecule has 6 nitrogen and oxygen atoms in total. The van der Waals surface area contributed by atoms with E-state index in [4.69, 9.17) is 4.52 Å². The Morgan fingerprint density at radius 2 is 1.77 bits per heavy atom. The highest BCUT2D eigenvalue weighted by Crippen LogP contribution is 2.25. The van der Waals surface area contributed by atoms with E-state index in [0.29, 0.717) is 24.8 Å². The van der Waals surface area contributed by atoms with Crippen LogP contribution in [0.5, 0.6) is 0 Å². The molecule has 0 bridgehead atoms. The monoisotopic (exact) mass is 402 g/mol. The third-order valence-electron chi connectivity index (χ3n) is 6.33. The summed E-state index contributed by atoms with van der Waals surface area (Å²) in [5, 5.41) is 4.14. The molecule has 1 atom stereocenters. The third kappa shape index (κ3) is 3.63. The first-order valence-electron chi connectivity index (χ1n) is 10.7. The molecule has 0 N–H and O–H groups in total. The zero-order chi connectivity index (χ0) is 20.5. The van der Waals surface area contributed by atoms with Gasteiger partial charge in [-0.25, -0.2) is 0 Å². The third-order valence-corrected chi connectivity index (χ3v) is 6.33. The number of carbonyl (C=O) groups excluding carboxylic acids is 1. The average molecular weight is 402 g/mol. The second kappa shape index (κ2) is 8.03. The fraction of sp³-hybridized carbons (Fsp3) is 0.375. The number of hydrogen-bond donors (Lipinski definition) is 0. The topological polar surface area (TPSA) is 62.5 Å². The average Bonchev–Trinajstić information content (AvgIpc) is 3.48. The summed E-state index contributed by atoms with van der Waals surface area (Å²) >= 11 is 0. The molecule has 1 aliphatic heterocycles. The first-order valence-corrected chi connectivity index (χ1v) is 10.7. The van der Waals surface area contributed by atoms with E-state index in [0.717, 1.165) is 37.1 Å². The predicted molar refractivity (Wildman–Crippen MR) is 114 cm³/mol. The second-order valence-electron chi connectivity index (χ2n) is 8.16. The molecule has 1 amide bonds. The van der Waals surface area contributed by atoms with Gasteiger partial charge in [0.15, 0.2) is 0 Å². The van der Waals surface area contributed by atoms with E-state index in [2.05, 4.69) is 34.1 Å². The first-order chi connectivity index (χ1) is 14.7. The van der Waals surface area contributed by atoms with Gasteiger partial charge in [-0.05, 0) is 49.4 Å². The molecule has 0 saturated carbocycles. The molecule has 1 aliphatic carbocycles. The summed E-state index contributed by atoms with van der Waals surface area (Å²) in [7, 11) is 0. The second-order valence-corrected chi connectivity index (χ2v) is 8.16. The van der Waals surface area contributed by atoms with Crippen LogP contribution in [-0.4, -0.2) is 52.0 Å². The van der Waals surface area contributed by atoms with E-state index < -0.39 is 0 Å². The van der Waals surface area contributed by atoms with Gasteiger partial charge in [-0.2, -0.15) is 4.98 Å². The SMILES string of the molecule is CC(c1nc(-c2ccccc2)no1)N1CCN(C(=O)c2ccc3c(c2)CCC3)CC1. The molecule has 2 aromatic carbocycles. The van der Waals surface area contributed by atoms with Crippen molar-refractivity contribution in [3.8, 4) is 11.4 Å². The number of rotatable bonds is 4. The van der Waals surface area contributed by atoms with Crippen LogP contribution >= 0.6 is 0 Å². The van der Waals surface area contributed by atoms with Crippen LogP contribution in [0, 0.1) is 0 Å². The van der Waals surface area contributed by atoms with Gasteiger partial charge in [-0.15, -0.1) is 0 Å². The minimum absolute atomic E-state index is 0.0206. The van der Waals surface area contributed by atoms with E-state index >= 15 is 0 Å². The number of aromatic nitrogens is 2. The van der Waals surface area contributed by atoms with Crippen molar-refractivity contribution in [2.45, 2.75) is 32.2 Å². The summed E-state index contributed by atoms with van der Waals surface area (Å²) in [5.74, 6) is 1.37. The van der Waals surface area contributed by atoms with Crippen LogP contribution in [0.15, 0.2) is 53.1 Å². The summed E-state index contributed by atoms with van der Waals surface area (Å²) < 4.78 is 5.54. The summed E-state index contributed by atoms with van der Waals surface area (Å²) in [6, 6.07) is 16.1. The molecule has 2 heterocycles. The van der Waals surface area contributed by atoms with Crippen LogP contribution in [0.3, 0.4) is 0 Å². The Morgan fingerprint density at radius 3 is 2.57 bits per heavy atom. The van der Waals surface area contributed by atoms with Crippen LogP contribution in [0.1, 0.15) is 46.8 Å². The molecule has 1 saturated heterocycles. The highest BCUT2D eigenvalue weighted by molar-refractivity contribution is 5.94. The molecular formula is C24H26N4O2. The molecule has 30 heavy (non-hydrogen) atoms. The standard InChI is InChI=1S/C24H26N4O2/c1-17(23-25-22(26-30-23)19-6-3-2-4-7-19)27-12-14-28(15-13-27)24(29)21-11-10-18-8-5-9-20(18)16-21/h2-4,6-7,10-11,16-17H,5,8-9,12-15H2,1H3. The molecule has 6 heteroatoms. The number of benzene rings is 2. The van der Waals surface area contributed by atoms with Crippen molar-refractivity contribution in [1.29, 1.82) is 0 Å². The largest absolute Gasteiger partial charge is 0.337 e. The number of fused-ring (bicyclic) bond motifs is 1. The summed E-state index contributed by atoms with van der Waals surface area (Å²) in [4.78, 5) is 21.8. The fourth-order valence-electron chi connectivity index (χ4n) is 4.47. The van der Waals surface area contributed by atoms with Crippen molar-refractivity contribution in [3.63, 3.8) is 0 Å². The molecular weight excluding hydrogens is 376 g/mol. The van der Waals surface area contributed by atoms with E-state index in [1.54, 1.807) is 0 Å². The lowest BCUT2D eigenvalue weighted by molar-refractivity contribution is 0.0551. The predicted octanol–water partition coefficient (Wildman–Crippen LogP) is 3.74. The fourth-order valence-corrected chi connectivity index (χ4v) is 4.47. The highest BCUT2D eigenvalue weighted by atomic mass is 16.5. The molecule has 1 unspecified atom stereocenters. The lowest BCUT2D eigenvalue weighted by Gasteiger charge is -2.36. The Balaban J connectivity index is 1.21. The molecule has 3 aromatic rings. The van der Waals surface area contributed by atoms with Crippen molar-refractivity contribution in [1.82, 2.24) is 19.9 Å². The highest BCUT2D eigenvalue weighted by Gasteiger charge is 2.28. The molecule has 0 spiro atoms. The zero-order valence-electron chi connectivity index (χ0n) is 17.3. The van der Waals surface area contributed by atoms with Gasteiger partial charge in [0, 0.05) is 37.3 Å². The van der Waals surface area contributed by atoms with Crippen molar-refractivity contribution in [3.05, 3.63) is 71.1 Å². The van der Waals surface area contributed by atoms with Gasteiger partial charge in [0.1, 0.15) is 0 Å². The zero-order valence-corrected chi connectivity index (χ0v) is 17.3. The summed E-state index contributed by atoms with van der Waals surface area (Å²) in [5.41, 5.74) is 4.52. The Morgan fingerprint density at radius 1 is 1.00 bits per heavy atom. The number of nitrogens with zero attached hydrogens (tertiary/aromatic N) is 4. The Hall–Kier alpha value is -2.99. The molecule has 1 aromatic heterocycles. The van der Waals surface area contributed by atoms with Gasteiger partial charge >= 0.3 is 0 Å². The maximum atomic E-state index is 13.0. The lowest BCUT2D eigenvalue weighted by atomic mass is 10.1. The van der Waals surface area contributed by atoms with Crippen LogP contribution in [0.2, 0.25) is 0 Å². The molecule has 154 valence electrons. The number of carbonyl (C=O) groups is 1. The van der Waals surface area contributed by atoms with Crippen molar-refractivity contribution < 1.29 is 9.32 Å². The summed E-state index contributed by atoms with van der Waals surface area (Å²) in [6.07, 6.45) is 3.43. The Labute approximate surface area is 176 Å². The maximum Gasteiger partial charge on any atom is 0.253 e. The minimum Gasteiger partial charge on any atom is -0.337 e. The number of amides is 1. The first kappa shape index (κ1) is 19.0. The van der Waals surface area contributed by atoms with Gasteiger partial charge in [0.25, 0.3) is 5.91 Å². The number of aryl methyl sites for hydroxylation is 2. The minimum atomic E-state index is 0.0206. The van der Waals surface area contributed by atoms with Gasteiger partial charge in [0.2, 0.25) is 11.7 Å². The van der Waals surface area contributed by atoms with Crippen LogP contribution in [0.25, 0.3) is 11.4 Å². The van der Waals surface area contributed by atoms with Gasteiger partial charge in [-0.1, -0.05) is 41.6 Å². The molecule has 2 aliphatic rings. The van der Waals surface area contributed by atoms with E-state index in [9.17, 15) is 4.79 Å². The van der Waals surface area contributed by atoms with Gasteiger partial charge in [0.05, 0.1) is 6.04 Å². The maximum absolute atomic E-state index is 13.0. The van der Waals surface area contributed by atoms with E-state index in [1.807, 2.05) is 41.3 Å². The van der Waals surface area contributed by atoms with Crippen LogP contribution in [0.4, 0.5) is 0 Å². The van der Waals surface area contributed by atoms with Crippen molar-refractivity contribution >= 4 is 5.91 Å². The van der Waals surface area contributed by atoms with Crippen LogP contribution in [-0.2, 0) is 12.8 Å². The van der Waals surface area contributed by atoms with Crippen molar-refractivity contribution in [2.24, 2.45) is 0 Å². The lowest BCUT2D eigenvalue weighted by Crippen LogP contribution is -2.49. The molecule has 5 rings (SSSR count). The Bertz CT molecular complexity index is 1040. The number of piperazine rings is 1.